The number of nitrogens with one attached hydrogen (secondary N) is 2. The van der Waals surface area contributed by atoms with Gasteiger partial charge in [-0.2, -0.15) is 0 Å². The molecule has 0 aliphatic carbocycles. The number of aryl methyl sites for hydroxylation is 2. The zero-order chi connectivity index (χ0) is 18.8. The van der Waals surface area contributed by atoms with Gasteiger partial charge in [0.05, 0.1) is 5.69 Å². The summed E-state index contributed by atoms with van der Waals surface area (Å²) in [7, 11) is 2.15. The van der Waals surface area contributed by atoms with E-state index in [1.165, 1.54) is 5.56 Å². The second-order valence-electron chi connectivity index (χ2n) is 6.45. The van der Waals surface area contributed by atoms with Crippen LogP contribution in [-0.2, 0) is 13.1 Å². The van der Waals surface area contributed by atoms with E-state index >= 15 is 0 Å². The van der Waals surface area contributed by atoms with Crippen LogP contribution < -0.4 is 10.6 Å². The number of guanidine groups is 1. The average molecular weight is 358 g/mol. The number of aliphatic imine (C=N–C) groups is 1. The van der Waals surface area contributed by atoms with Crippen molar-refractivity contribution in [2.24, 2.45) is 4.99 Å². The summed E-state index contributed by atoms with van der Waals surface area (Å²) in [6.07, 6.45) is 1.05. The molecule has 0 atom stereocenters. The van der Waals surface area contributed by atoms with Crippen molar-refractivity contribution in [1.29, 1.82) is 0 Å². The Balaban J connectivity index is 1.72. The summed E-state index contributed by atoms with van der Waals surface area (Å²) >= 11 is 0. The maximum absolute atomic E-state index is 5.58. The molecule has 2 aromatic rings. The van der Waals surface area contributed by atoms with Gasteiger partial charge in [0.2, 0.25) is 5.89 Å². The third kappa shape index (κ3) is 6.88. The lowest BCUT2D eigenvalue weighted by atomic mass is 10.2. The lowest BCUT2D eigenvalue weighted by Crippen LogP contribution is -2.38. The van der Waals surface area contributed by atoms with Gasteiger partial charge >= 0.3 is 0 Å². The molecule has 0 radical (unpaired) electrons. The molecular weight excluding hydrogens is 326 g/mol. The van der Waals surface area contributed by atoms with Crippen LogP contribution in [0.15, 0.2) is 39.7 Å². The van der Waals surface area contributed by atoms with E-state index in [9.17, 15) is 0 Å². The average Bonchev–Trinajstić information content (AvgIpc) is 2.95. The summed E-state index contributed by atoms with van der Waals surface area (Å²) in [5, 5.41) is 6.63. The van der Waals surface area contributed by atoms with E-state index in [-0.39, 0.29) is 0 Å². The molecule has 0 bridgehead atoms. The molecule has 1 aromatic heterocycles. The van der Waals surface area contributed by atoms with Crippen LogP contribution in [0.25, 0.3) is 0 Å². The Bertz CT molecular complexity index is 661. The molecule has 0 saturated carbocycles. The fraction of sp³-hybridized carbons (Fsp3) is 0.500. The molecule has 6 nitrogen and oxygen atoms in total. The van der Waals surface area contributed by atoms with E-state index < -0.39 is 0 Å². The summed E-state index contributed by atoms with van der Waals surface area (Å²) in [6, 6.07) is 10.5. The number of nitrogens with zero attached hydrogens (tertiary/aromatic N) is 3. The van der Waals surface area contributed by atoms with Gasteiger partial charge < -0.3 is 20.0 Å². The van der Waals surface area contributed by atoms with Crippen LogP contribution >= 0.6 is 0 Å². The quantitative estimate of drug-likeness (QED) is 0.410. The van der Waals surface area contributed by atoms with Crippen LogP contribution in [0.1, 0.15) is 36.3 Å². The lowest BCUT2D eigenvalue weighted by Gasteiger charge is -2.17. The second-order valence-corrected chi connectivity index (χ2v) is 6.45. The minimum absolute atomic E-state index is 0.442. The minimum Gasteiger partial charge on any atom is -0.444 e. The first kappa shape index (κ1) is 20.0. The molecule has 0 aliphatic heterocycles. The van der Waals surface area contributed by atoms with E-state index in [0.717, 1.165) is 50.0 Å². The number of hydrogen-bond acceptors (Lipinski definition) is 4. The number of hydrogen-bond donors (Lipinski definition) is 2. The molecule has 142 valence electrons. The molecule has 0 spiro atoms. The van der Waals surface area contributed by atoms with Gasteiger partial charge in [-0.05, 0) is 46.3 Å². The minimum atomic E-state index is 0.442. The van der Waals surface area contributed by atoms with Crippen molar-refractivity contribution in [1.82, 2.24) is 20.5 Å². The summed E-state index contributed by atoms with van der Waals surface area (Å²) in [5.41, 5.74) is 2.27. The normalized spacial score (nSPS) is 11.8. The van der Waals surface area contributed by atoms with E-state index in [1.54, 1.807) is 0 Å². The Hall–Kier alpha value is -2.34. The highest BCUT2D eigenvalue weighted by molar-refractivity contribution is 5.79. The molecule has 0 aliphatic rings. The third-order valence-electron chi connectivity index (χ3n) is 4.09. The van der Waals surface area contributed by atoms with Crippen molar-refractivity contribution in [3.8, 4) is 0 Å². The largest absolute Gasteiger partial charge is 0.444 e. The van der Waals surface area contributed by atoms with E-state index in [2.05, 4.69) is 69.8 Å². The van der Waals surface area contributed by atoms with Gasteiger partial charge in [-0.1, -0.05) is 30.3 Å². The summed E-state index contributed by atoms with van der Waals surface area (Å²) < 4.78 is 5.58. The summed E-state index contributed by atoms with van der Waals surface area (Å²) in [6.45, 7) is 10.1. The molecule has 2 N–H and O–H groups in total. The maximum Gasteiger partial charge on any atom is 0.216 e. The number of oxazole rings is 1. The molecule has 0 unspecified atom stereocenters. The van der Waals surface area contributed by atoms with Crippen molar-refractivity contribution in [3.05, 3.63) is 53.2 Å². The van der Waals surface area contributed by atoms with Crippen molar-refractivity contribution >= 4 is 5.96 Å². The Morgan fingerprint density at radius 1 is 1.19 bits per heavy atom. The number of benzene rings is 1. The van der Waals surface area contributed by atoms with Gasteiger partial charge in [0.25, 0.3) is 0 Å². The molecular formula is C20H31N5O. The fourth-order valence-corrected chi connectivity index (χ4v) is 2.63. The third-order valence-corrected chi connectivity index (χ3v) is 4.09. The smallest absolute Gasteiger partial charge is 0.216 e. The molecule has 1 heterocycles. The fourth-order valence-electron chi connectivity index (χ4n) is 2.63. The maximum atomic E-state index is 5.58. The van der Waals surface area contributed by atoms with Crippen LogP contribution in [0.2, 0.25) is 0 Å². The lowest BCUT2D eigenvalue weighted by molar-refractivity contribution is 0.322. The zero-order valence-corrected chi connectivity index (χ0v) is 16.4. The Morgan fingerprint density at radius 3 is 2.62 bits per heavy atom. The van der Waals surface area contributed by atoms with Crippen molar-refractivity contribution in [3.63, 3.8) is 0 Å². The number of aromatic nitrogens is 1. The predicted molar refractivity (Wildman–Crippen MR) is 106 cm³/mol. The summed E-state index contributed by atoms with van der Waals surface area (Å²) in [5.74, 6) is 2.31. The molecule has 26 heavy (non-hydrogen) atoms. The van der Waals surface area contributed by atoms with Gasteiger partial charge in [-0.25, -0.2) is 9.98 Å². The van der Waals surface area contributed by atoms with Crippen LogP contribution in [0.3, 0.4) is 0 Å². The standard InChI is InChI=1S/C20H31N5O/c1-5-21-20(23-14-19-24-16(2)17(3)26-19)22-12-9-13-25(4)15-18-10-7-6-8-11-18/h6-8,10-11H,5,9,12-15H2,1-4H3,(H2,21,22,23). The Kier molecular flexibility index (Phi) is 8.15. The molecule has 0 fully saturated rings. The van der Waals surface area contributed by atoms with Crippen molar-refractivity contribution < 1.29 is 4.42 Å². The predicted octanol–water partition coefficient (Wildman–Crippen LogP) is 2.87. The van der Waals surface area contributed by atoms with Crippen LogP contribution in [0, 0.1) is 13.8 Å². The highest BCUT2D eigenvalue weighted by atomic mass is 16.4. The van der Waals surface area contributed by atoms with E-state index in [0.29, 0.717) is 12.4 Å². The monoisotopic (exact) mass is 357 g/mol. The van der Waals surface area contributed by atoms with Gasteiger partial charge in [-0.3, -0.25) is 0 Å². The molecule has 0 amide bonds. The highest BCUT2D eigenvalue weighted by Crippen LogP contribution is 2.08. The van der Waals surface area contributed by atoms with Gasteiger partial charge in [-0.15, -0.1) is 0 Å². The Labute approximate surface area is 156 Å². The first-order chi connectivity index (χ1) is 12.6. The topological polar surface area (TPSA) is 65.7 Å². The van der Waals surface area contributed by atoms with Crippen LogP contribution in [0.4, 0.5) is 0 Å². The summed E-state index contributed by atoms with van der Waals surface area (Å²) in [4.78, 5) is 11.2. The second kappa shape index (κ2) is 10.6. The number of rotatable bonds is 9. The zero-order valence-electron chi connectivity index (χ0n) is 16.4. The van der Waals surface area contributed by atoms with Gasteiger partial charge in [0.1, 0.15) is 12.3 Å². The highest BCUT2D eigenvalue weighted by Gasteiger charge is 2.05. The first-order valence-corrected chi connectivity index (χ1v) is 9.26. The van der Waals surface area contributed by atoms with E-state index in [4.69, 9.17) is 4.42 Å². The molecule has 0 saturated heterocycles. The SMILES string of the molecule is CCNC(=NCc1nc(C)c(C)o1)NCCCN(C)Cc1ccccc1. The van der Waals surface area contributed by atoms with Crippen LogP contribution in [0.5, 0.6) is 0 Å². The first-order valence-electron chi connectivity index (χ1n) is 9.26. The van der Waals surface area contributed by atoms with Crippen LogP contribution in [-0.4, -0.2) is 42.5 Å². The van der Waals surface area contributed by atoms with Crippen molar-refractivity contribution in [2.75, 3.05) is 26.7 Å². The Morgan fingerprint density at radius 2 is 1.96 bits per heavy atom. The van der Waals surface area contributed by atoms with Crippen molar-refractivity contribution in [2.45, 2.75) is 40.3 Å². The van der Waals surface area contributed by atoms with E-state index in [1.807, 2.05) is 13.8 Å². The molecule has 6 heteroatoms. The van der Waals surface area contributed by atoms with Gasteiger partial charge in [0.15, 0.2) is 5.96 Å². The molecule has 2 rings (SSSR count). The molecule has 1 aromatic carbocycles. The van der Waals surface area contributed by atoms with Gasteiger partial charge in [0, 0.05) is 19.6 Å².